The summed E-state index contributed by atoms with van der Waals surface area (Å²) >= 11 is 0. The van der Waals surface area contributed by atoms with E-state index in [1.807, 2.05) is 15.9 Å². The third-order valence-electron chi connectivity index (χ3n) is 6.18. The van der Waals surface area contributed by atoms with Crippen molar-refractivity contribution in [2.24, 2.45) is 11.3 Å². The predicted octanol–water partition coefficient (Wildman–Crippen LogP) is 1.96. The summed E-state index contributed by atoms with van der Waals surface area (Å²) in [5.74, 6) is 0.475. The quantitative estimate of drug-likeness (QED) is 0.812. The number of hydrogen-bond donors (Lipinski definition) is 0. The number of hydrogen-bond acceptors (Lipinski definition) is 4. The van der Waals surface area contributed by atoms with Crippen LogP contribution in [0.4, 0.5) is 0 Å². The van der Waals surface area contributed by atoms with Gasteiger partial charge in [-0.3, -0.25) is 14.6 Å². The lowest BCUT2D eigenvalue weighted by Crippen LogP contribution is -2.48. The molecular formula is C20H27N3O3. The van der Waals surface area contributed by atoms with Gasteiger partial charge in [-0.05, 0) is 44.2 Å². The first-order valence-electron chi connectivity index (χ1n) is 9.73. The van der Waals surface area contributed by atoms with E-state index in [1.54, 1.807) is 18.5 Å². The summed E-state index contributed by atoms with van der Waals surface area (Å²) in [5, 5.41) is 0. The van der Waals surface area contributed by atoms with E-state index in [-0.39, 0.29) is 17.2 Å². The number of nitrogens with zero attached hydrogens (tertiary/aromatic N) is 3. The molecule has 2 amide bonds. The molecular weight excluding hydrogens is 330 g/mol. The second-order valence-electron chi connectivity index (χ2n) is 7.97. The van der Waals surface area contributed by atoms with Crippen molar-refractivity contribution in [1.82, 2.24) is 14.8 Å². The third kappa shape index (κ3) is 3.47. The van der Waals surface area contributed by atoms with Crippen LogP contribution < -0.4 is 0 Å². The van der Waals surface area contributed by atoms with Gasteiger partial charge in [0, 0.05) is 63.1 Å². The second kappa shape index (κ2) is 7.35. The molecule has 3 fully saturated rings. The highest BCUT2D eigenvalue weighted by Crippen LogP contribution is 2.40. The van der Waals surface area contributed by atoms with Gasteiger partial charge in [-0.1, -0.05) is 0 Å². The molecule has 0 aliphatic carbocycles. The van der Waals surface area contributed by atoms with Gasteiger partial charge < -0.3 is 14.5 Å². The first-order valence-corrected chi connectivity index (χ1v) is 9.73. The van der Waals surface area contributed by atoms with Crippen molar-refractivity contribution in [3.63, 3.8) is 0 Å². The smallest absolute Gasteiger partial charge is 0.255 e. The van der Waals surface area contributed by atoms with Gasteiger partial charge in [0.15, 0.2) is 0 Å². The summed E-state index contributed by atoms with van der Waals surface area (Å²) < 4.78 is 5.38. The third-order valence-corrected chi connectivity index (χ3v) is 6.18. The Morgan fingerprint density at radius 1 is 1.12 bits per heavy atom. The SMILES string of the molecule is O=C(c1cccnc1)N1CCC[C@@]2(CCN(C(=O)C3CCOCC3)C2)C1. The molecule has 4 heterocycles. The molecule has 3 saturated heterocycles. The van der Waals surface area contributed by atoms with Crippen LogP contribution in [0.1, 0.15) is 42.5 Å². The number of piperidine rings is 1. The van der Waals surface area contributed by atoms with Crippen LogP contribution in [0.15, 0.2) is 24.5 Å². The molecule has 6 heteroatoms. The largest absolute Gasteiger partial charge is 0.381 e. The van der Waals surface area contributed by atoms with E-state index in [4.69, 9.17) is 4.74 Å². The molecule has 1 spiro atoms. The standard InChI is InChI=1S/C20H27N3O3/c24-18(16-4-11-26-12-5-16)23-10-7-20(15-23)6-2-9-22(14-20)19(25)17-3-1-8-21-13-17/h1,3,8,13,16H,2,4-7,9-12,14-15H2/t20-/m1/s1. The number of ether oxygens (including phenoxy) is 1. The van der Waals surface area contributed by atoms with Gasteiger partial charge in [0.05, 0.1) is 5.56 Å². The Morgan fingerprint density at radius 3 is 2.69 bits per heavy atom. The van der Waals surface area contributed by atoms with E-state index in [9.17, 15) is 9.59 Å². The van der Waals surface area contributed by atoms with Crippen LogP contribution >= 0.6 is 0 Å². The van der Waals surface area contributed by atoms with Gasteiger partial charge in [0.2, 0.25) is 5.91 Å². The topological polar surface area (TPSA) is 62.7 Å². The first-order chi connectivity index (χ1) is 12.7. The number of carbonyl (C=O) groups is 2. The molecule has 0 unspecified atom stereocenters. The molecule has 0 N–H and O–H groups in total. The fourth-order valence-corrected chi connectivity index (χ4v) is 4.71. The zero-order chi connectivity index (χ0) is 18.0. The van der Waals surface area contributed by atoms with E-state index < -0.39 is 0 Å². The van der Waals surface area contributed by atoms with Crippen LogP contribution in [0.25, 0.3) is 0 Å². The predicted molar refractivity (Wildman–Crippen MR) is 96.5 cm³/mol. The number of rotatable bonds is 2. The van der Waals surface area contributed by atoms with Crippen molar-refractivity contribution in [3.8, 4) is 0 Å². The fourth-order valence-electron chi connectivity index (χ4n) is 4.71. The van der Waals surface area contributed by atoms with Gasteiger partial charge in [0.25, 0.3) is 5.91 Å². The van der Waals surface area contributed by atoms with Crippen molar-refractivity contribution in [2.75, 3.05) is 39.4 Å². The highest BCUT2D eigenvalue weighted by Gasteiger charge is 2.44. The Morgan fingerprint density at radius 2 is 1.92 bits per heavy atom. The number of aromatic nitrogens is 1. The lowest BCUT2D eigenvalue weighted by atomic mass is 9.79. The maximum absolute atomic E-state index is 12.8. The Balaban J connectivity index is 1.41. The Kier molecular flexibility index (Phi) is 4.94. The summed E-state index contributed by atoms with van der Waals surface area (Å²) in [4.78, 5) is 33.7. The molecule has 1 atom stereocenters. The monoisotopic (exact) mass is 357 g/mol. The van der Waals surface area contributed by atoms with Crippen LogP contribution in [-0.4, -0.2) is 66.0 Å². The maximum atomic E-state index is 12.8. The van der Waals surface area contributed by atoms with Crippen LogP contribution in [0.3, 0.4) is 0 Å². The van der Waals surface area contributed by atoms with Crippen molar-refractivity contribution in [3.05, 3.63) is 30.1 Å². The van der Waals surface area contributed by atoms with Crippen LogP contribution in [0.2, 0.25) is 0 Å². The molecule has 1 aromatic rings. The van der Waals surface area contributed by atoms with Gasteiger partial charge in [-0.15, -0.1) is 0 Å². The summed E-state index contributed by atoms with van der Waals surface area (Å²) in [6.07, 6.45) is 8.11. The molecule has 6 nitrogen and oxygen atoms in total. The minimum absolute atomic E-state index is 0.0615. The Labute approximate surface area is 154 Å². The number of carbonyl (C=O) groups excluding carboxylic acids is 2. The molecule has 140 valence electrons. The summed E-state index contributed by atoms with van der Waals surface area (Å²) in [6, 6.07) is 3.63. The van der Waals surface area contributed by atoms with Crippen LogP contribution in [0.5, 0.6) is 0 Å². The number of pyridine rings is 1. The van der Waals surface area contributed by atoms with E-state index in [0.717, 1.165) is 58.3 Å². The van der Waals surface area contributed by atoms with E-state index in [0.29, 0.717) is 24.7 Å². The molecule has 3 aliphatic heterocycles. The summed E-state index contributed by atoms with van der Waals surface area (Å²) in [5.41, 5.74) is 0.717. The fraction of sp³-hybridized carbons (Fsp3) is 0.650. The Hall–Kier alpha value is -1.95. The van der Waals surface area contributed by atoms with E-state index in [2.05, 4.69) is 4.98 Å². The Bertz CT molecular complexity index is 660. The van der Waals surface area contributed by atoms with Gasteiger partial charge in [0.1, 0.15) is 0 Å². The normalized spacial score (nSPS) is 27.1. The van der Waals surface area contributed by atoms with Crippen molar-refractivity contribution >= 4 is 11.8 Å². The average Bonchev–Trinajstić information content (AvgIpc) is 3.11. The molecule has 0 bridgehead atoms. The zero-order valence-electron chi connectivity index (χ0n) is 15.2. The van der Waals surface area contributed by atoms with Crippen LogP contribution in [0, 0.1) is 11.3 Å². The van der Waals surface area contributed by atoms with Crippen molar-refractivity contribution in [2.45, 2.75) is 32.1 Å². The molecule has 0 radical (unpaired) electrons. The van der Waals surface area contributed by atoms with E-state index in [1.165, 1.54) is 0 Å². The first kappa shape index (κ1) is 17.5. The average molecular weight is 357 g/mol. The summed E-state index contributed by atoms with van der Waals surface area (Å²) in [6.45, 7) is 4.55. The molecule has 0 aromatic carbocycles. The van der Waals surface area contributed by atoms with Crippen LogP contribution in [-0.2, 0) is 9.53 Å². The number of amides is 2. The molecule has 3 aliphatic rings. The van der Waals surface area contributed by atoms with Crippen molar-refractivity contribution in [1.29, 1.82) is 0 Å². The molecule has 0 saturated carbocycles. The number of likely N-dealkylation sites (tertiary alicyclic amines) is 2. The van der Waals surface area contributed by atoms with E-state index >= 15 is 0 Å². The minimum Gasteiger partial charge on any atom is -0.381 e. The highest BCUT2D eigenvalue weighted by atomic mass is 16.5. The second-order valence-corrected chi connectivity index (χ2v) is 7.97. The van der Waals surface area contributed by atoms with Gasteiger partial charge in [-0.25, -0.2) is 0 Å². The highest BCUT2D eigenvalue weighted by molar-refractivity contribution is 5.94. The lowest BCUT2D eigenvalue weighted by molar-refractivity contribution is -0.138. The van der Waals surface area contributed by atoms with Gasteiger partial charge >= 0.3 is 0 Å². The van der Waals surface area contributed by atoms with Gasteiger partial charge in [-0.2, -0.15) is 0 Å². The zero-order valence-corrected chi connectivity index (χ0v) is 15.2. The lowest BCUT2D eigenvalue weighted by Gasteiger charge is -2.40. The molecule has 1 aromatic heterocycles. The molecule has 26 heavy (non-hydrogen) atoms. The summed E-state index contributed by atoms with van der Waals surface area (Å²) in [7, 11) is 0. The maximum Gasteiger partial charge on any atom is 0.255 e. The molecule has 4 rings (SSSR count). The minimum atomic E-state index is 0.0615. The van der Waals surface area contributed by atoms with Crippen molar-refractivity contribution < 1.29 is 14.3 Å².